The van der Waals surface area contributed by atoms with Crippen LogP contribution < -0.4 is 5.32 Å². The third kappa shape index (κ3) is 3.15. The van der Waals surface area contributed by atoms with Crippen molar-refractivity contribution in [2.45, 2.75) is 27.3 Å². The smallest absolute Gasteiger partial charge is 0.255 e. The summed E-state index contributed by atoms with van der Waals surface area (Å²) < 4.78 is 0. The van der Waals surface area contributed by atoms with Gasteiger partial charge in [0.25, 0.3) is 5.91 Å². The van der Waals surface area contributed by atoms with E-state index in [1.54, 1.807) is 23.5 Å². The number of nitrogens with one attached hydrogen (secondary N) is 1. The van der Waals surface area contributed by atoms with Gasteiger partial charge in [-0.3, -0.25) is 4.79 Å². The van der Waals surface area contributed by atoms with E-state index in [9.17, 15) is 9.90 Å². The van der Waals surface area contributed by atoms with E-state index in [1.165, 1.54) is 10.4 Å². The molecular formula is C15H17NO2S. The largest absolute Gasteiger partial charge is 0.507 e. The minimum atomic E-state index is -0.249. The number of rotatable bonds is 3. The molecule has 0 atom stereocenters. The quantitative estimate of drug-likeness (QED) is 0.903. The first-order chi connectivity index (χ1) is 8.97. The molecule has 0 unspecified atom stereocenters. The summed E-state index contributed by atoms with van der Waals surface area (Å²) >= 11 is 1.68. The first kappa shape index (κ1) is 13.6. The molecule has 0 radical (unpaired) electrons. The minimum Gasteiger partial charge on any atom is -0.507 e. The van der Waals surface area contributed by atoms with Gasteiger partial charge in [-0.1, -0.05) is 6.07 Å². The SMILES string of the molecule is Cc1ccc(C(=O)NCc2cc(C)c(C)s2)c(O)c1. The van der Waals surface area contributed by atoms with Gasteiger partial charge in [-0.05, 0) is 50.1 Å². The maximum Gasteiger partial charge on any atom is 0.255 e. The fourth-order valence-corrected chi connectivity index (χ4v) is 2.83. The topological polar surface area (TPSA) is 49.3 Å². The Hall–Kier alpha value is -1.81. The highest BCUT2D eigenvalue weighted by atomic mass is 32.1. The molecule has 2 aromatic rings. The van der Waals surface area contributed by atoms with Gasteiger partial charge in [0.15, 0.2) is 0 Å². The molecule has 0 aliphatic heterocycles. The lowest BCUT2D eigenvalue weighted by Gasteiger charge is -2.06. The van der Waals surface area contributed by atoms with Crippen LogP contribution in [0.1, 0.15) is 31.2 Å². The van der Waals surface area contributed by atoms with E-state index in [-0.39, 0.29) is 11.7 Å². The highest BCUT2D eigenvalue weighted by molar-refractivity contribution is 7.12. The van der Waals surface area contributed by atoms with Crippen molar-refractivity contribution in [3.8, 4) is 5.75 Å². The molecule has 0 saturated carbocycles. The predicted molar refractivity (Wildman–Crippen MR) is 77.8 cm³/mol. The third-order valence-electron chi connectivity index (χ3n) is 3.04. The van der Waals surface area contributed by atoms with Crippen LogP contribution in [-0.4, -0.2) is 11.0 Å². The van der Waals surface area contributed by atoms with Gasteiger partial charge >= 0.3 is 0 Å². The fraction of sp³-hybridized carbons (Fsp3) is 0.267. The molecule has 3 nitrogen and oxygen atoms in total. The summed E-state index contributed by atoms with van der Waals surface area (Å²) in [5, 5.41) is 12.6. The monoisotopic (exact) mass is 275 g/mol. The van der Waals surface area contributed by atoms with Crippen LogP contribution in [0.3, 0.4) is 0 Å². The Bertz CT molecular complexity index is 597. The maximum absolute atomic E-state index is 12.0. The lowest BCUT2D eigenvalue weighted by Crippen LogP contribution is -2.22. The van der Waals surface area contributed by atoms with E-state index in [0.29, 0.717) is 12.1 Å². The van der Waals surface area contributed by atoms with Crippen LogP contribution >= 0.6 is 11.3 Å². The molecule has 1 amide bonds. The number of amides is 1. The Labute approximate surface area is 116 Å². The van der Waals surface area contributed by atoms with E-state index >= 15 is 0 Å². The summed E-state index contributed by atoms with van der Waals surface area (Å²) in [5.41, 5.74) is 2.49. The molecule has 4 heteroatoms. The van der Waals surface area contributed by atoms with Gasteiger partial charge in [-0.25, -0.2) is 0 Å². The van der Waals surface area contributed by atoms with Crippen LogP contribution in [0.4, 0.5) is 0 Å². The first-order valence-electron chi connectivity index (χ1n) is 6.11. The van der Waals surface area contributed by atoms with Gasteiger partial charge < -0.3 is 10.4 Å². The number of benzene rings is 1. The summed E-state index contributed by atoms with van der Waals surface area (Å²) in [6.07, 6.45) is 0. The second kappa shape index (κ2) is 5.45. The van der Waals surface area contributed by atoms with Gasteiger partial charge in [-0.2, -0.15) is 0 Å². The van der Waals surface area contributed by atoms with Crippen molar-refractivity contribution in [2.24, 2.45) is 0 Å². The molecule has 0 bridgehead atoms. The molecule has 0 aliphatic rings. The zero-order chi connectivity index (χ0) is 14.0. The van der Waals surface area contributed by atoms with Gasteiger partial charge in [0.1, 0.15) is 5.75 Å². The molecular weight excluding hydrogens is 258 g/mol. The van der Waals surface area contributed by atoms with E-state index < -0.39 is 0 Å². The highest BCUT2D eigenvalue weighted by Gasteiger charge is 2.11. The highest BCUT2D eigenvalue weighted by Crippen LogP contribution is 2.21. The van der Waals surface area contributed by atoms with Crippen molar-refractivity contribution in [1.29, 1.82) is 0 Å². The zero-order valence-corrected chi connectivity index (χ0v) is 12.1. The normalized spacial score (nSPS) is 10.5. The number of phenolic OH excluding ortho intramolecular Hbond substituents is 1. The van der Waals surface area contributed by atoms with Gasteiger partial charge in [0.05, 0.1) is 12.1 Å². The van der Waals surface area contributed by atoms with Crippen molar-refractivity contribution in [2.75, 3.05) is 0 Å². The Morgan fingerprint density at radius 1 is 1.26 bits per heavy atom. The number of aryl methyl sites for hydroxylation is 3. The second-order valence-corrected chi connectivity index (χ2v) is 6.00. The average molecular weight is 275 g/mol. The van der Waals surface area contributed by atoms with Crippen LogP contribution in [0.2, 0.25) is 0 Å². The van der Waals surface area contributed by atoms with Crippen LogP contribution in [0.5, 0.6) is 5.75 Å². The molecule has 100 valence electrons. The van der Waals surface area contributed by atoms with Crippen LogP contribution in [0, 0.1) is 20.8 Å². The molecule has 0 fully saturated rings. The van der Waals surface area contributed by atoms with Crippen molar-refractivity contribution in [3.05, 3.63) is 50.7 Å². The van der Waals surface area contributed by atoms with Crippen molar-refractivity contribution < 1.29 is 9.90 Å². The number of thiophene rings is 1. The molecule has 2 N–H and O–H groups in total. The van der Waals surface area contributed by atoms with E-state index in [4.69, 9.17) is 0 Å². The van der Waals surface area contributed by atoms with E-state index in [2.05, 4.69) is 25.2 Å². The number of aromatic hydroxyl groups is 1. The van der Waals surface area contributed by atoms with Gasteiger partial charge in [-0.15, -0.1) is 11.3 Å². The molecule has 0 saturated heterocycles. The molecule has 1 aromatic heterocycles. The standard InChI is InChI=1S/C15H17NO2S/c1-9-4-5-13(14(17)6-9)15(18)16-8-12-7-10(2)11(3)19-12/h4-7,17H,8H2,1-3H3,(H,16,18). The molecule has 2 rings (SSSR count). The number of carbonyl (C=O) groups excluding carboxylic acids is 1. The Morgan fingerprint density at radius 3 is 2.58 bits per heavy atom. The lowest BCUT2D eigenvalue weighted by atomic mass is 10.1. The summed E-state index contributed by atoms with van der Waals surface area (Å²) in [4.78, 5) is 14.4. The van der Waals surface area contributed by atoms with Gasteiger partial charge in [0, 0.05) is 9.75 Å². The number of hydrogen-bond acceptors (Lipinski definition) is 3. The molecule has 0 aliphatic carbocycles. The molecule has 19 heavy (non-hydrogen) atoms. The molecule has 1 heterocycles. The van der Waals surface area contributed by atoms with Crippen LogP contribution in [-0.2, 0) is 6.54 Å². The predicted octanol–water partition coefficient (Wildman–Crippen LogP) is 3.31. The van der Waals surface area contributed by atoms with Crippen molar-refractivity contribution >= 4 is 17.2 Å². The number of phenols is 1. The average Bonchev–Trinajstić information content (AvgIpc) is 2.66. The van der Waals surface area contributed by atoms with E-state index in [0.717, 1.165) is 10.4 Å². The number of carbonyl (C=O) groups is 1. The van der Waals surface area contributed by atoms with Gasteiger partial charge in [0.2, 0.25) is 0 Å². The third-order valence-corrected chi connectivity index (χ3v) is 4.19. The van der Waals surface area contributed by atoms with Crippen LogP contribution in [0.25, 0.3) is 0 Å². The van der Waals surface area contributed by atoms with Crippen molar-refractivity contribution in [3.63, 3.8) is 0 Å². The van der Waals surface area contributed by atoms with E-state index in [1.807, 2.05) is 13.0 Å². The first-order valence-corrected chi connectivity index (χ1v) is 6.92. The Balaban J connectivity index is 2.05. The van der Waals surface area contributed by atoms with Crippen LogP contribution in [0.15, 0.2) is 24.3 Å². The molecule has 1 aromatic carbocycles. The Kier molecular flexibility index (Phi) is 3.90. The molecule has 0 spiro atoms. The summed E-state index contributed by atoms with van der Waals surface area (Å²) in [5.74, 6) is -0.225. The number of hydrogen-bond donors (Lipinski definition) is 2. The minimum absolute atomic E-state index is 0.0241. The Morgan fingerprint density at radius 2 is 2.00 bits per heavy atom. The zero-order valence-electron chi connectivity index (χ0n) is 11.3. The summed E-state index contributed by atoms with van der Waals surface area (Å²) in [7, 11) is 0. The fourth-order valence-electron chi connectivity index (χ4n) is 1.83. The second-order valence-electron chi connectivity index (χ2n) is 4.66. The lowest BCUT2D eigenvalue weighted by molar-refractivity contribution is 0.0948. The maximum atomic E-state index is 12.0. The van der Waals surface area contributed by atoms with Crippen molar-refractivity contribution in [1.82, 2.24) is 5.32 Å². The summed E-state index contributed by atoms with van der Waals surface area (Å²) in [6.45, 7) is 6.49. The summed E-state index contributed by atoms with van der Waals surface area (Å²) in [6, 6.07) is 7.13.